The third-order valence-corrected chi connectivity index (χ3v) is 13.8. The third-order valence-electron chi connectivity index (χ3n) is 13.8. The molecule has 234 valence electrons. The lowest BCUT2D eigenvalue weighted by atomic mass is 9.41. The molecule has 41 heavy (non-hydrogen) atoms. The molecule has 5 rings (SSSR count). The van der Waals surface area contributed by atoms with E-state index < -0.39 is 10.8 Å². The lowest BCUT2D eigenvalue weighted by Gasteiger charge is -2.58. The van der Waals surface area contributed by atoms with Gasteiger partial charge in [0.1, 0.15) is 0 Å². The summed E-state index contributed by atoms with van der Waals surface area (Å²) in [5.41, 5.74) is -1.09. The van der Waals surface area contributed by atoms with Gasteiger partial charge >= 0.3 is 0 Å². The summed E-state index contributed by atoms with van der Waals surface area (Å²) in [5.74, 6) is 6.05. The van der Waals surface area contributed by atoms with Crippen LogP contribution in [0.1, 0.15) is 187 Å². The molecular formula is C39H66O2. The van der Waals surface area contributed by atoms with Crippen LogP contribution >= 0.6 is 0 Å². The predicted octanol–water partition coefficient (Wildman–Crippen LogP) is 11.4. The average Bonchev–Trinajstić information content (AvgIpc) is 3.03. The maximum atomic E-state index is 13.9. The molecule has 0 aromatic rings. The summed E-state index contributed by atoms with van der Waals surface area (Å²) in [6.07, 6.45) is 35.1. The van der Waals surface area contributed by atoms with Crippen molar-refractivity contribution in [2.24, 2.45) is 46.3 Å². The minimum atomic E-state index is -0.547. The molecule has 0 radical (unpaired) electrons. The van der Waals surface area contributed by atoms with Gasteiger partial charge in [0.15, 0.2) is 11.6 Å². The van der Waals surface area contributed by atoms with Gasteiger partial charge in [0, 0.05) is 0 Å². The van der Waals surface area contributed by atoms with Crippen LogP contribution in [0.2, 0.25) is 0 Å². The van der Waals surface area contributed by atoms with E-state index in [0.29, 0.717) is 11.6 Å². The standard InChI is InChI=1S/C39H66O2/c1-3-5-7-8-9-10-11-13-31-16-20-33(21-17-31)35-24-28-39(29-25-35)36(40)38(37(39)41)26-22-34(23-27-38)32-18-14-30(15-19-32)12-6-4-2/h30-35H,3-29H2,1-2H3. The predicted molar refractivity (Wildman–Crippen MR) is 172 cm³/mol. The van der Waals surface area contributed by atoms with Gasteiger partial charge in [0.2, 0.25) is 0 Å². The Balaban J connectivity index is 0.995. The molecule has 2 heteroatoms. The van der Waals surface area contributed by atoms with E-state index in [1.165, 1.54) is 122 Å². The number of Topliss-reactive ketones (excluding diaryl/α,β-unsaturated/α-hetero) is 2. The van der Waals surface area contributed by atoms with Crippen molar-refractivity contribution < 1.29 is 9.59 Å². The molecule has 5 aliphatic rings. The summed E-state index contributed by atoms with van der Waals surface area (Å²) in [6.45, 7) is 4.61. The van der Waals surface area contributed by atoms with Crippen LogP contribution in [0.15, 0.2) is 0 Å². The molecule has 0 heterocycles. The van der Waals surface area contributed by atoms with Crippen molar-refractivity contribution in [2.75, 3.05) is 0 Å². The van der Waals surface area contributed by atoms with Crippen LogP contribution in [0.25, 0.3) is 0 Å². The Kier molecular flexibility index (Phi) is 11.5. The summed E-state index contributed by atoms with van der Waals surface area (Å²) in [5, 5.41) is 0. The van der Waals surface area contributed by atoms with Crippen LogP contribution in [0.4, 0.5) is 0 Å². The maximum Gasteiger partial charge on any atom is 0.159 e. The number of unbranched alkanes of at least 4 members (excludes halogenated alkanes) is 7. The van der Waals surface area contributed by atoms with Gasteiger partial charge < -0.3 is 0 Å². The average molecular weight is 567 g/mol. The molecule has 0 aliphatic heterocycles. The second-order valence-electron chi connectivity index (χ2n) is 16.1. The van der Waals surface area contributed by atoms with E-state index in [0.717, 1.165) is 86.9 Å². The molecule has 0 aromatic heterocycles. The van der Waals surface area contributed by atoms with Crippen molar-refractivity contribution in [2.45, 2.75) is 187 Å². The van der Waals surface area contributed by atoms with Crippen molar-refractivity contribution in [3.8, 4) is 0 Å². The van der Waals surface area contributed by atoms with Crippen LogP contribution < -0.4 is 0 Å². The van der Waals surface area contributed by atoms with Crippen LogP contribution in [0.5, 0.6) is 0 Å². The molecule has 0 aromatic carbocycles. The summed E-state index contributed by atoms with van der Waals surface area (Å²) >= 11 is 0. The van der Waals surface area contributed by atoms with E-state index >= 15 is 0 Å². The van der Waals surface area contributed by atoms with E-state index in [2.05, 4.69) is 13.8 Å². The molecule has 2 spiro atoms. The molecule has 0 amide bonds. The molecule has 2 nitrogen and oxygen atoms in total. The zero-order chi connectivity index (χ0) is 28.7. The zero-order valence-electron chi connectivity index (χ0n) is 27.4. The Bertz CT molecular complexity index is 791. The minimum Gasteiger partial charge on any atom is -0.297 e. The molecule has 0 atom stereocenters. The van der Waals surface area contributed by atoms with E-state index in [1.54, 1.807) is 0 Å². The van der Waals surface area contributed by atoms with E-state index in [-0.39, 0.29) is 0 Å². The summed E-state index contributed by atoms with van der Waals surface area (Å²) in [7, 11) is 0. The van der Waals surface area contributed by atoms with Gasteiger partial charge in [-0.15, -0.1) is 0 Å². The number of carbonyl (C=O) groups excluding carboxylic acids is 2. The van der Waals surface area contributed by atoms with Gasteiger partial charge in [0.25, 0.3) is 0 Å². The minimum absolute atomic E-state index is 0.411. The quantitative estimate of drug-likeness (QED) is 0.164. The maximum absolute atomic E-state index is 13.9. The third kappa shape index (κ3) is 7.03. The number of carbonyl (C=O) groups is 2. The van der Waals surface area contributed by atoms with Crippen LogP contribution in [0.3, 0.4) is 0 Å². The Morgan fingerprint density at radius 1 is 0.439 bits per heavy atom. The van der Waals surface area contributed by atoms with Crippen molar-refractivity contribution in [1.82, 2.24) is 0 Å². The highest BCUT2D eigenvalue weighted by molar-refractivity contribution is 6.30. The van der Waals surface area contributed by atoms with Crippen molar-refractivity contribution in [3.05, 3.63) is 0 Å². The second-order valence-corrected chi connectivity index (χ2v) is 16.1. The SMILES string of the molecule is CCCCCCCCCC1CCC(C2CCC3(CC2)C(=O)C2(CCC(C4CCC(CCCC)CC4)CC2)C3=O)CC1. The molecule has 0 unspecified atom stereocenters. The highest BCUT2D eigenvalue weighted by Crippen LogP contribution is 2.63. The first-order chi connectivity index (χ1) is 20.0. The van der Waals surface area contributed by atoms with E-state index in [1.807, 2.05) is 0 Å². The summed E-state index contributed by atoms with van der Waals surface area (Å²) in [4.78, 5) is 27.7. The Morgan fingerprint density at radius 3 is 1.20 bits per heavy atom. The zero-order valence-corrected chi connectivity index (χ0v) is 27.4. The molecular weight excluding hydrogens is 500 g/mol. The van der Waals surface area contributed by atoms with Gasteiger partial charge in [-0.1, -0.05) is 110 Å². The lowest BCUT2D eigenvalue weighted by molar-refractivity contribution is -0.179. The molecule has 5 saturated carbocycles. The highest BCUT2D eigenvalue weighted by Gasteiger charge is 2.71. The summed E-state index contributed by atoms with van der Waals surface area (Å²) < 4.78 is 0. The Labute approximate surface area is 254 Å². The Hall–Kier alpha value is -0.660. The molecule has 5 aliphatic carbocycles. The first kappa shape index (κ1) is 31.8. The number of ketones is 2. The molecule has 0 bridgehead atoms. The van der Waals surface area contributed by atoms with Crippen molar-refractivity contribution in [1.29, 1.82) is 0 Å². The fourth-order valence-electron chi connectivity index (χ4n) is 11.0. The largest absolute Gasteiger partial charge is 0.297 e. The van der Waals surface area contributed by atoms with Gasteiger partial charge in [-0.05, 0) is 113 Å². The van der Waals surface area contributed by atoms with Gasteiger partial charge in [-0.3, -0.25) is 9.59 Å². The van der Waals surface area contributed by atoms with Crippen LogP contribution in [0, 0.1) is 46.3 Å². The topological polar surface area (TPSA) is 34.1 Å². The Morgan fingerprint density at radius 2 is 0.780 bits per heavy atom. The van der Waals surface area contributed by atoms with Gasteiger partial charge in [-0.25, -0.2) is 0 Å². The fourth-order valence-corrected chi connectivity index (χ4v) is 11.0. The van der Waals surface area contributed by atoms with Crippen molar-refractivity contribution in [3.63, 3.8) is 0 Å². The van der Waals surface area contributed by atoms with Gasteiger partial charge in [0.05, 0.1) is 10.8 Å². The molecule has 0 N–H and O–H groups in total. The van der Waals surface area contributed by atoms with Crippen molar-refractivity contribution >= 4 is 11.6 Å². The number of rotatable bonds is 13. The number of hydrogen-bond acceptors (Lipinski definition) is 2. The smallest absolute Gasteiger partial charge is 0.159 e. The first-order valence-electron chi connectivity index (χ1n) is 19.1. The molecule has 0 saturated heterocycles. The van der Waals surface area contributed by atoms with Crippen LogP contribution in [-0.4, -0.2) is 11.6 Å². The highest BCUT2D eigenvalue weighted by atomic mass is 16.2. The summed E-state index contributed by atoms with van der Waals surface area (Å²) in [6, 6.07) is 0. The number of hydrogen-bond donors (Lipinski definition) is 0. The molecule has 5 fully saturated rings. The lowest BCUT2D eigenvalue weighted by Crippen LogP contribution is -2.68. The monoisotopic (exact) mass is 567 g/mol. The van der Waals surface area contributed by atoms with Crippen LogP contribution in [-0.2, 0) is 9.59 Å². The normalized spacial score (nSPS) is 39.8. The fraction of sp³-hybridized carbons (Fsp3) is 0.949. The van der Waals surface area contributed by atoms with Gasteiger partial charge in [-0.2, -0.15) is 0 Å². The van der Waals surface area contributed by atoms with E-state index in [9.17, 15) is 9.59 Å². The second kappa shape index (κ2) is 14.9. The first-order valence-corrected chi connectivity index (χ1v) is 19.1. The van der Waals surface area contributed by atoms with E-state index in [4.69, 9.17) is 0 Å².